The van der Waals surface area contributed by atoms with Gasteiger partial charge in [0.1, 0.15) is 0 Å². The van der Waals surface area contributed by atoms with Crippen molar-refractivity contribution in [3.8, 4) is 0 Å². The van der Waals surface area contributed by atoms with Crippen LogP contribution in [0.3, 0.4) is 0 Å². The number of likely N-dealkylation sites (N-methyl/N-ethyl adjacent to an activating group) is 1. The second-order valence-corrected chi connectivity index (χ2v) is 13.7. The van der Waals surface area contributed by atoms with E-state index in [4.69, 9.17) is 14.8 Å². The number of ether oxygens (including phenoxy) is 1. The smallest absolute Gasteiger partial charge is 0.395 e. The molecule has 260 valence electrons. The predicted molar refractivity (Wildman–Crippen MR) is 186 cm³/mol. The van der Waals surface area contributed by atoms with Crippen LogP contribution in [-0.4, -0.2) is 86.5 Å². The maximum atomic E-state index is 13.0. The number of fused-ring (bicyclic) bond motifs is 1. The lowest BCUT2D eigenvalue weighted by Crippen LogP contribution is -2.29. The van der Waals surface area contributed by atoms with Gasteiger partial charge in [0.2, 0.25) is 5.91 Å². The molecule has 0 unspecified atom stereocenters. The molecule has 1 saturated heterocycles. The second-order valence-electron chi connectivity index (χ2n) is 12.2. The van der Waals surface area contributed by atoms with Gasteiger partial charge in [0.05, 0.1) is 30.4 Å². The first-order chi connectivity index (χ1) is 22.6. The van der Waals surface area contributed by atoms with E-state index in [0.29, 0.717) is 50.5 Å². The lowest BCUT2D eigenvalue weighted by atomic mass is 10.0. The lowest BCUT2D eigenvalue weighted by molar-refractivity contribution is -0.116. The number of anilines is 3. The van der Waals surface area contributed by atoms with E-state index in [-0.39, 0.29) is 25.1 Å². The number of hydrogen-bond acceptors (Lipinski definition) is 8. The van der Waals surface area contributed by atoms with Gasteiger partial charge >= 0.3 is 7.75 Å². The summed E-state index contributed by atoms with van der Waals surface area (Å²) in [6, 6.07) is 6.75. The molecular weight excluding hydrogens is 621 g/mol. The van der Waals surface area contributed by atoms with Gasteiger partial charge in [0, 0.05) is 61.4 Å². The van der Waals surface area contributed by atoms with Crippen LogP contribution in [0.4, 0.5) is 17.1 Å². The summed E-state index contributed by atoms with van der Waals surface area (Å²) in [4.78, 5) is 40.7. The highest BCUT2D eigenvalue weighted by Crippen LogP contribution is 2.46. The quantitative estimate of drug-likeness (QED) is 0.0868. The zero-order valence-electron chi connectivity index (χ0n) is 28.0. The van der Waals surface area contributed by atoms with Gasteiger partial charge in [-0.05, 0) is 76.9 Å². The molecule has 1 fully saturated rings. The standard InChI is InChI=1S/C33H52N7O6P/c1-4-30-29(32(36-26-16-21-46-22-17-26)28-23-34-39(5-2)33(28)37-30)24-40(47(43,44)45)27-14-12-25(13-15-27)35-31(42)11-9-7-6-8-10-18-38(3)19-20-41/h12-15,23,26,41H,4-11,16-22,24H2,1-3H3,(H,35,42)(H,36,37)(H2,43,44,45). The maximum absolute atomic E-state index is 13.0. The molecule has 2 aromatic heterocycles. The van der Waals surface area contributed by atoms with Crippen molar-refractivity contribution in [3.63, 3.8) is 0 Å². The third-order valence-electron chi connectivity index (χ3n) is 8.67. The zero-order chi connectivity index (χ0) is 33.8. The fourth-order valence-corrected chi connectivity index (χ4v) is 6.74. The number of rotatable bonds is 19. The van der Waals surface area contributed by atoms with Gasteiger partial charge in [-0.15, -0.1) is 0 Å². The summed E-state index contributed by atoms with van der Waals surface area (Å²) < 4.78 is 21.4. The van der Waals surface area contributed by atoms with E-state index in [1.54, 1.807) is 30.5 Å². The van der Waals surface area contributed by atoms with Crippen LogP contribution in [0.5, 0.6) is 0 Å². The highest BCUT2D eigenvalue weighted by Gasteiger charge is 2.30. The fourth-order valence-electron chi connectivity index (χ4n) is 5.98. The lowest BCUT2D eigenvalue weighted by Gasteiger charge is -2.30. The van der Waals surface area contributed by atoms with Crippen LogP contribution >= 0.6 is 7.75 Å². The Kier molecular flexibility index (Phi) is 14.0. The van der Waals surface area contributed by atoms with Gasteiger partial charge in [0.15, 0.2) is 5.65 Å². The fraction of sp³-hybridized carbons (Fsp3) is 0.606. The number of unbranched alkanes of at least 4 members (excludes halogenated alkanes) is 4. The summed E-state index contributed by atoms with van der Waals surface area (Å²) in [7, 11) is -2.76. The summed E-state index contributed by atoms with van der Waals surface area (Å²) in [6.45, 7) is 7.70. The summed E-state index contributed by atoms with van der Waals surface area (Å²) in [6.07, 6.45) is 9.39. The number of aliphatic hydroxyl groups excluding tert-OH is 1. The van der Waals surface area contributed by atoms with Crippen LogP contribution in [0.2, 0.25) is 0 Å². The molecule has 0 bridgehead atoms. The van der Waals surface area contributed by atoms with Crippen molar-refractivity contribution in [2.24, 2.45) is 0 Å². The van der Waals surface area contributed by atoms with Gasteiger partial charge in [-0.3, -0.25) is 9.46 Å². The van der Waals surface area contributed by atoms with Crippen LogP contribution in [0, 0.1) is 0 Å². The Morgan fingerprint density at radius 1 is 1.06 bits per heavy atom. The monoisotopic (exact) mass is 673 g/mol. The molecule has 0 spiro atoms. The van der Waals surface area contributed by atoms with Crippen LogP contribution in [0.25, 0.3) is 11.0 Å². The minimum Gasteiger partial charge on any atom is -0.395 e. The number of nitrogens with one attached hydrogen (secondary N) is 2. The highest BCUT2D eigenvalue weighted by atomic mass is 31.2. The summed E-state index contributed by atoms with van der Waals surface area (Å²) in [5.74, 6) is -0.0873. The molecule has 0 saturated carbocycles. The molecule has 47 heavy (non-hydrogen) atoms. The summed E-state index contributed by atoms with van der Waals surface area (Å²) >= 11 is 0. The SMILES string of the molecule is CCc1nc2c(cnn2CC)c(NC2CCOCC2)c1CN(c1ccc(NC(=O)CCCCCCCN(C)CCO)cc1)P(=O)(O)O. The topological polar surface area (TPSA) is 165 Å². The maximum Gasteiger partial charge on any atom is 0.430 e. The Morgan fingerprint density at radius 2 is 1.77 bits per heavy atom. The molecule has 0 radical (unpaired) electrons. The van der Waals surface area contributed by atoms with E-state index in [2.05, 4.69) is 20.6 Å². The first-order valence-corrected chi connectivity index (χ1v) is 18.5. The van der Waals surface area contributed by atoms with Crippen LogP contribution < -0.4 is 15.3 Å². The molecule has 0 atom stereocenters. The first-order valence-electron chi connectivity index (χ1n) is 16.9. The molecule has 0 aliphatic carbocycles. The van der Waals surface area contributed by atoms with Crippen molar-refractivity contribution in [3.05, 3.63) is 41.7 Å². The zero-order valence-corrected chi connectivity index (χ0v) is 28.9. The average molecular weight is 674 g/mol. The normalized spacial score (nSPS) is 14.2. The van der Waals surface area contributed by atoms with Crippen molar-refractivity contribution in [2.45, 2.75) is 90.8 Å². The van der Waals surface area contributed by atoms with Crippen molar-refractivity contribution >= 4 is 41.7 Å². The summed E-state index contributed by atoms with van der Waals surface area (Å²) in [5, 5.41) is 20.9. The predicted octanol–water partition coefficient (Wildman–Crippen LogP) is 4.91. The number of amides is 1. The molecule has 1 aliphatic heterocycles. The van der Waals surface area contributed by atoms with Gasteiger partial charge in [0.25, 0.3) is 0 Å². The van der Waals surface area contributed by atoms with Crippen LogP contribution in [0.15, 0.2) is 30.5 Å². The van der Waals surface area contributed by atoms with Gasteiger partial charge < -0.3 is 35.2 Å². The van der Waals surface area contributed by atoms with Crippen LogP contribution in [-0.2, 0) is 33.6 Å². The van der Waals surface area contributed by atoms with Crippen molar-refractivity contribution in [1.29, 1.82) is 0 Å². The number of aromatic nitrogens is 3. The van der Waals surface area contributed by atoms with E-state index in [1.807, 2.05) is 25.6 Å². The van der Waals surface area contributed by atoms with Gasteiger partial charge in [-0.25, -0.2) is 14.2 Å². The molecule has 3 heterocycles. The Balaban J connectivity index is 1.45. The number of carbonyl (C=O) groups excluding carboxylic acids is 1. The Bertz CT molecular complexity index is 1470. The Morgan fingerprint density at radius 3 is 2.43 bits per heavy atom. The molecule has 1 aromatic carbocycles. The Labute approximate surface area is 277 Å². The largest absolute Gasteiger partial charge is 0.430 e. The second kappa shape index (κ2) is 17.9. The van der Waals surface area contributed by atoms with Gasteiger partial charge in [-0.2, -0.15) is 5.10 Å². The molecular formula is C33H52N7O6P. The van der Waals surface area contributed by atoms with Crippen molar-refractivity contribution in [1.82, 2.24) is 19.7 Å². The summed E-state index contributed by atoms with van der Waals surface area (Å²) in [5.41, 5.74) is 3.92. The van der Waals surface area contributed by atoms with E-state index < -0.39 is 7.75 Å². The van der Waals surface area contributed by atoms with Crippen molar-refractivity contribution in [2.75, 3.05) is 55.3 Å². The average Bonchev–Trinajstić information content (AvgIpc) is 3.47. The number of aryl methyl sites for hydroxylation is 2. The first kappa shape index (κ1) is 36.8. The molecule has 3 aromatic rings. The molecule has 1 amide bonds. The van der Waals surface area contributed by atoms with Gasteiger partial charge in [-0.1, -0.05) is 26.2 Å². The number of hydrogen-bond donors (Lipinski definition) is 5. The number of benzene rings is 1. The minimum absolute atomic E-state index is 0.0668. The minimum atomic E-state index is -4.76. The molecule has 5 N–H and O–H groups in total. The number of carbonyl (C=O) groups is 1. The van der Waals surface area contributed by atoms with Crippen LogP contribution in [0.1, 0.15) is 76.5 Å². The number of pyridine rings is 1. The van der Waals surface area contributed by atoms with Crippen molar-refractivity contribution < 1.29 is 29.0 Å². The third kappa shape index (κ3) is 10.5. The number of aliphatic hydroxyl groups is 1. The van der Waals surface area contributed by atoms with E-state index in [0.717, 1.165) is 84.1 Å². The van der Waals surface area contributed by atoms with E-state index in [9.17, 15) is 19.1 Å². The molecule has 13 nitrogen and oxygen atoms in total. The number of nitrogens with zero attached hydrogens (tertiary/aromatic N) is 5. The van der Waals surface area contributed by atoms with E-state index in [1.165, 1.54) is 0 Å². The molecule has 4 rings (SSSR count). The van der Waals surface area contributed by atoms with E-state index >= 15 is 0 Å². The Hall–Kier alpha value is -3.06. The highest BCUT2D eigenvalue weighted by molar-refractivity contribution is 7.53. The molecule has 1 aliphatic rings. The third-order valence-corrected chi connectivity index (χ3v) is 9.67. The molecule has 14 heteroatoms.